The maximum atomic E-state index is 12.1. The number of esters is 1. The summed E-state index contributed by atoms with van der Waals surface area (Å²) in [4.78, 5) is 43.5. The van der Waals surface area contributed by atoms with Gasteiger partial charge in [0.2, 0.25) is 5.91 Å². The molecule has 8 heteroatoms. The third-order valence-corrected chi connectivity index (χ3v) is 5.45. The Balaban J connectivity index is 1.45. The number of hydrogen-bond donors (Lipinski definition) is 0. The van der Waals surface area contributed by atoms with Gasteiger partial charge >= 0.3 is 5.97 Å². The number of hydrogen-bond acceptors (Lipinski definition) is 6. The number of likely N-dealkylation sites (tertiary alicyclic amines) is 1. The number of nitrogens with zero attached hydrogens (tertiary/aromatic N) is 3. The number of amides is 2. The fourth-order valence-corrected chi connectivity index (χ4v) is 4.07. The van der Waals surface area contributed by atoms with Crippen LogP contribution in [0.2, 0.25) is 0 Å². The van der Waals surface area contributed by atoms with Crippen molar-refractivity contribution in [3.63, 3.8) is 0 Å². The lowest BCUT2D eigenvalue weighted by Gasteiger charge is -2.30. The van der Waals surface area contributed by atoms with Gasteiger partial charge in [0.25, 0.3) is 5.91 Å². The van der Waals surface area contributed by atoms with Gasteiger partial charge in [-0.25, -0.2) is 4.98 Å². The van der Waals surface area contributed by atoms with Gasteiger partial charge in [0.1, 0.15) is 0 Å². The minimum absolute atomic E-state index is 0.0161. The molecule has 3 rings (SSSR count). The van der Waals surface area contributed by atoms with Crippen LogP contribution in [0, 0.1) is 5.92 Å². The van der Waals surface area contributed by atoms with Crippen molar-refractivity contribution in [1.29, 1.82) is 0 Å². The first kappa shape index (κ1) is 17.8. The average Bonchev–Trinajstić information content (AvgIpc) is 3.21. The normalized spacial score (nSPS) is 20.8. The second-order valence-electron chi connectivity index (χ2n) is 6.69. The Labute approximate surface area is 151 Å². The molecule has 136 valence electrons. The molecule has 1 atom stereocenters. The largest absolute Gasteiger partial charge is 0.455 e. The Morgan fingerprint density at radius 3 is 2.92 bits per heavy atom. The summed E-state index contributed by atoms with van der Waals surface area (Å²) in [5, 5.41) is 2.39. The molecule has 0 bridgehead atoms. The molecule has 3 heterocycles. The van der Waals surface area contributed by atoms with Crippen LogP contribution in [0.3, 0.4) is 0 Å². The van der Waals surface area contributed by atoms with E-state index in [9.17, 15) is 14.4 Å². The Hall–Kier alpha value is -1.96. The fourth-order valence-electron chi connectivity index (χ4n) is 3.20. The molecule has 25 heavy (non-hydrogen) atoms. The van der Waals surface area contributed by atoms with Crippen LogP contribution >= 0.6 is 11.3 Å². The van der Waals surface area contributed by atoms with E-state index in [0.29, 0.717) is 29.7 Å². The van der Waals surface area contributed by atoms with E-state index in [1.807, 2.05) is 0 Å². The van der Waals surface area contributed by atoms with Gasteiger partial charge in [-0.1, -0.05) is 6.92 Å². The van der Waals surface area contributed by atoms with Crippen LogP contribution in [0.5, 0.6) is 0 Å². The minimum atomic E-state index is -0.469. The van der Waals surface area contributed by atoms with Crippen molar-refractivity contribution in [3.8, 4) is 0 Å². The van der Waals surface area contributed by atoms with Crippen molar-refractivity contribution in [3.05, 3.63) is 11.1 Å². The maximum Gasteiger partial charge on any atom is 0.312 e. The molecule has 0 aromatic carbocycles. The fraction of sp³-hybridized carbons (Fsp3) is 0.647. The second kappa shape index (κ2) is 7.95. The van der Waals surface area contributed by atoms with Gasteiger partial charge in [-0.3, -0.25) is 19.3 Å². The monoisotopic (exact) mass is 365 g/mol. The quantitative estimate of drug-likeness (QED) is 0.741. The van der Waals surface area contributed by atoms with Gasteiger partial charge in [-0.15, -0.1) is 11.3 Å². The highest BCUT2D eigenvalue weighted by Crippen LogP contribution is 2.25. The predicted molar refractivity (Wildman–Crippen MR) is 93.3 cm³/mol. The summed E-state index contributed by atoms with van der Waals surface area (Å²) in [6.45, 7) is 4.05. The van der Waals surface area contributed by atoms with E-state index >= 15 is 0 Å². The van der Waals surface area contributed by atoms with Crippen LogP contribution in [-0.2, 0) is 25.5 Å². The first-order valence-electron chi connectivity index (χ1n) is 8.71. The van der Waals surface area contributed by atoms with E-state index in [1.165, 1.54) is 11.3 Å². The molecule has 0 aliphatic carbocycles. The first-order valence-corrected chi connectivity index (χ1v) is 9.59. The molecule has 2 aliphatic rings. The zero-order valence-electron chi connectivity index (χ0n) is 14.4. The molecule has 2 aliphatic heterocycles. The molecule has 1 unspecified atom stereocenters. The molecule has 2 fully saturated rings. The van der Waals surface area contributed by atoms with Gasteiger partial charge in [-0.2, -0.15) is 0 Å². The van der Waals surface area contributed by atoms with Crippen molar-refractivity contribution in [2.75, 3.05) is 31.1 Å². The molecule has 0 N–H and O–H groups in total. The Kier molecular flexibility index (Phi) is 5.67. The van der Waals surface area contributed by atoms with E-state index in [1.54, 1.807) is 15.2 Å². The molecule has 0 saturated carbocycles. The highest BCUT2D eigenvalue weighted by Gasteiger charge is 2.25. The molecular weight excluding hydrogens is 342 g/mol. The van der Waals surface area contributed by atoms with Gasteiger partial charge in [0, 0.05) is 31.4 Å². The van der Waals surface area contributed by atoms with Crippen LogP contribution in [0.4, 0.5) is 5.13 Å². The minimum Gasteiger partial charge on any atom is -0.455 e. The van der Waals surface area contributed by atoms with Crippen LogP contribution in [0.15, 0.2) is 5.38 Å². The number of carbonyl (C=O) groups is 3. The van der Waals surface area contributed by atoms with Crippen molar-refractivity contribution in [2.24, 2.45) is 5.92 Å². The predicted octanol–water partition coefficient (Wildman–Crippen LogP) is 1.61. The van der Waals surface area contributed by atoms with Gasteiger partial charge < -0.3 is 9.64 Å². The molecule has 7 nitrogen and oxygen atoms in total. The van der Waals surface area contributed by atoms with Crippen LogP contribution in [0.25, 0.3) is 0 Å². The second-order valence-corrected chi connectivity index (χ2v) is 7.53. The van der Waals surface area contributed by atoms with E-state index in [0.717, 1.165) is 32.4 Å². The standard InChI is InChI=1S/C17H23N3O4S/c1-12-4-2-6-19(9-12)15(22)10-24-16(23)8-13-11-25-17(18-13)20-7-3-5-14(20)21/h11-12H,2-10H2,1H3. The van der Waals surface area contributed by atoms with Crippen molar-refractivity contribution in [1.82, 2.24) is 9.88 Å². The lowest BCUT2D eigenvalue weighted by molar-refractivity contribution is -0.152. The van der Waals surface area contributed by atoms with E-state index < -0.39 is 5.97 Å². The van der Waals surface area contributed by atoms with Crippen LogP contribution < -0.4 is 4.90 Å². The molecular formula is C17H23N3O4S. The highest BCUT2D eigenvalue weighted by molar-refractivity contribution is 7.14. The van der Waals surface area contributed by atoms with Gasteiger partial charge in [0.15, 0.2) is 11.7 Å². The summed E-state index contributed by atoms with van der Waals surface area (Å²) >= 11 is 1.35. The smallest absolute Gasteiger partial charge is 0.312 e. The highest BCUT2D eigenvalue weighted by atomic mass is 32.1. The lowest BCUT2D eigenvalue weighted by atomic mass is 10.0. The number of piperidine rings is 1. The summed E-state index contributed by atoms with van der Waals surface area (Å²) in [5.41, 5.74) is 0.573. The summed E-state index contributed by atoms with van der Waals surface area (Å²) in [6, 6.07) is 0. The summed E-state index contributed by atoms with van der Waals surface area (Å²) in [6.07, 6.45) is 3.54. The molecule has 2 amide bonds. The van der Waals surface area contributed by atoms with E-state index in [2.05, 4.69) is 11.9 Å². The van der Waals surface area contributed by atoms with Gasteiger partial charge in [0.05, 0.1) is 12.1 Å². The summed E-state index contributed by atoms with van der Waals surface area (Å²) in [7, 11) is 0. The molecule has 1 aromatic heterocycles. The average molecular weight is 365 g/mol. The molecule has 0 spiro atoms. The molecule has 1 aromatic rings. The lowest BCUT2D eigenvalue weighted by Crippen LogP contribution is -2.41. The number of rotatable bonds is 5. The van der Waals surface area contributed by atoms with Gasteiger partial charge in [-0.05, 0) is 25.2 Å². The number of aromatic nitrogens is 1. The Morgan fingerprint density at radius 2 is 2.20 bits per heavy atom. The van der Waals surface area contributed by atoms with Crippen LogP contribution in [0.1, 0.15) is 38.3 Å². The summed E-state index contributed by atoms with van der Waals surface area (Å²) < 4.78 is 5.11. The Bertz CT molecular complexity index is 660. The topological polar surface area (TPSA) is 79.8 Å². The zero-order chi connectivity index (χ0) is 17.8. The third-order valence-electron chi connectivity index (χ3n) is 4.54. The maximum absolute atomic E-state index is 12.1. The van der Waals surface area contributed by atoms with Crippen molar-refractivity contribution in [2.45, 2.75) is 39.0 Å². The SMILES string of the molecule is CC1CCCN(C(=O)COC(=O)Cc2csc(N3CCCC3=O)n2)C1. The van der Waals surface area contributed by atoms with E-state index in [-0.39, 0.29) is 24.8 Å². The first-order chi connectivity index (χ1) is 12.0. The third kappa shape index (κ3) is 4.56. The summed E-state index contributed by atoms with van der Waals surface area (Å²) in [5.74, 6) is -0.0375. The van der Waals surface area contributed by atoms with E-state index in [4.69, 9.17) is 4.74 Å². The van der Waals surface area contributed by atoms with Crippen molar-refractivity contribution >= 4 is 34.3 Å². The molecule has 2 saturated heterocycles. The number of thiazole rings is 1. The zero-order valence-corrected chi connectivity index (χ0v) is 15.2. The molecule has 0 radical (unpaired) electrons. The number of ether oxygens (including phenoxy) is 1. The number of anilines is 1. The number of carbonyl (C=O) groups excluding carboxylic acids is 3. The van der Waals surface area contributed by atoms with Crippen LogP contribution in [-0.4, -0.2) is 53.9 Å². The Morgan fingerprint density at radius 1 is 1.36 bits per heavy atom. The van der Waals surface area contributed by atoms with Crippen molar-refractivity contribution < 1.29 is 19.1 Å².